The van der Waals surface area contributed by atoms with Gasteiger partial charge in [0.05, 0.1) is 11.3 Å². The van der Waals surface area contributed by atoms with Crippen LogP contribution in [0.3, 0.4) is 0 Å². The molecule has 0 saturated carbocycles. The average molecular weight is 268 g/mol. The lowest BCUT2D eigenvalue weighted by Gasteiger charge is -2.30. The van der Waals surface area contributed by atoms with Gasteiger partial charge < -0.3 is 4.90 Å². The predicted octanol–water partition coefficient (Wildman–Crippen LogP) is 4.28. The van der Waals surface area contributed by atoms with Crippen LogP contribution in [0, 0.1) is 11.3 Å². The summed E-state index contributed by atoms with van der Waals surface area (Å²) in [5, 5.41) is 13.7. The first-order chi connectivity index (χ1) is 9.40. The molecule has 1 aromatic heterocycles. The van der Waals surface area contributed by atoms with Crippen LogP contribution in [0.5, 0.6) is 0 Å². The van der Waals surface area contributed by atoms with E-state index in [1.807, 2.05) is 6.07 Å². The minimum atomic E-state index is 0.822. The fourth-order valence-corrected chi connectivity index (χ4v) is 3.37. The molecule has 2 nitrogen and oxygen atoms in total. The topological polar surface area (TPSA) is 27.0 Å². The molecule has 2 aromatic rings. The van der Waals surface area contributed by atoms with Gasteiger partial charge in [0.15, 0.2) is 0 Å². The van der Waals surface area contributed by atoms with Gasteiger partial charge >= 0.3 is 0 Å². The van der Waals surface area contributed by atoms with Gasteiger partial charge in [-0.3, -0.25) is 0 Å². The number of thiophene rings is 1. The van der Waals surface area contributed by atoms with E-state index < -0.39 is 0 Å². The van der Waals surface area contributed by atoms with Crippen molar-refractivity contribution >= 4 is 17.0 Å². The Morgan fingerprint density at radius 2 is 1.95 bits per heavy atom. The van der Waals surface area contributed by atoms with Crippen molar-refractivity contribution in [1.29, 1.82) is 5.26 Å². The summed E-state index contributed by atoms with van der Waals surface area (Å²) in [7, 11) is 0. The Bertz CT molecular complexity index is 590. The van der Waals surface area contributed by atoms with Crippen molar-refractivity contribution in [2.24, 2.45) is 0 Å². The molecule has 0 radical (unpaired) electrons. The van der Waals surface area contributed by atoms with Gasteiger partial charge in [-0.05, 0) is 47.7 Å². The minimum absolute atomic E-state index is 0.822. The van der Waals surface area contributed by atoms with Gasteiger partial charge in [0.2, 0.25) is 0 Å². The highest BCUT2D eigenvalue weighted by Crippen LogP contribution is 2.33. The summed E-state index contributed by atoms with van der Waals surface area (Å²) in [6, 6.07) is 10.7. The third-order valence-electron chi connectivity index (χ3n) is 3.68. The lowest BCUT2D eigenvalue weighted by Crippen LogP contribution is -2.30. The van der Waals surface area contributed by atoms with Gasteiger partial charge in [-0.2, -0.15) is 16.6 Å². The Kier molecular flexibility index (Phi) is 3.52. The zero-order valence-corrected chi connectivity index (χ0v) is 11.6. The Labute approximate surface area is 117 Å². The summed E-state index contributed by atoms with van der Waals surface area (Å²) in [4.78, 5) is 2.36. The standard InChI is InChI=1S/C16H16N2S/c17-11-15-14(13-7-10-19-12-13)5-4-6-16(15)18-8-2-1-3-9-18/h4-7,10,12H,1-3,8-9H2. The summed E-state index contributed by atoms with van der Waals surface area (Å²) in [6.07, 6.45) is 3.77. The van der Waals surface area contributed by atoms with Crippen LogP contribution in [0.4, 0.5) is 5.69 Å². The molecule has 0 bridgehead atoms. The Morgan fingerprint density at radius 1 is 1.11 bits per heavy atom. The number of hydrogen-bond acceptors (Lipinski definition) is 3. The number of benzene rings is 1. The molecule has 0 amide bonds. The van der Waals surface area contributed by atoms with Gasteiger partial charge in [0.1, 0.15) is 6.07 Å². The van der Waals surface area contributed by atoms with Crippen LogP contribution in [-0.4, -0.2) is 13.1 Å². The van der Waals surface area contributed by atoms with Gasteiger partial charge in [0, 0.05) is 18.7 Å². The van der Waals surface area contributed by atoms with E-state index in [-0.39, 0.29) is 0 Å². The van der Waals surface area contributed by atoms with E-state index in [4.69, 9.17) is 0 Å². The molecular weight excluding hydrogens is 252 g/mol. The molecule has 1 saturated heterocycles. The van der Waals surface area contributed by atoms with Gasteiger partial charge in [0.25, 0.3) is 0 Å². The Morgan fingerprint density at radius 3 is 2.63 bits per heavy atom. The van der Waals surface area contributed by atoms with Gasteiger partial charge in [-0.1, -0.05) is 12.1 Å². The molecule has 19 heavy (non-hydrogen) atoms. The quantitative estimate of drug-likeness (QED) is 0.813. The second-order valence-corrected chi connectivity index (χ2v) is 5.65. The zero-order chi connectivity index (χ0) is 13.1. The molecule has 96 valence electrons. The maximum atomic E-state index is 9.56. The van der Waals surface area contributed by atoms with Crippen LogP contribution in [0.15, 0.2) is 35.0 Å². The van der Waals surface area contributed by atoms with Crippen LogP contribution in [0.1, 0.15) is 24.8 Å². The van der Waals surface area contributed by atoms with Crippen LogP contribution >= 0.6 is 11.3 Å². The molecule has 0 unspecified atom stereocenters. The second kappa shape index (κ2) is 5.46. The van der Waals surface area contributed by atoms with Crippen molar-refractivity contribution < 1.29 is 0 Å². The number of hydrogen-bond donors (Lipinski definition) is 0. The van der Waals surface area contributed by atoms with Gasteiger partial charge in [-0.15, -0.1) is 0 Å². The highest BCUT2D eigenvalue weighted by molar-refractivity contribution is 7.08. The highest BCUT2D eigenvalue weighted by atomic mass is 32.1. The SMILES string of the molecule is N#Cc1c(-c2ccsc2)cccc1N1CCCCC1. The van der Waals surface area contributed by atoms with Crippen molar-refractivity contribution in [1.82, 2.24) is 0 Å². The maximum absolute atomic E-state index is 9.56. The summed E-state index contributed by atoms with van der Waals surface area (Å²) in [6.45, 7) is 2.14. The lowest BCUT2D eigenvalue weighted by molar-refractivity contribution is 0.577. The molecule has 1 aliphatic rings. The molecular formula is C16H16N2S. The van der Waals surface area contributed by atoms with E-state index in [0.717, 1.165) is 35.5 Å². The molecule has 0 aliphatic carbocycles. The first-order valence-corrected chi connectivity index (χ1v) is 7.65. The van der Waals surface area contributed by atoms with Crippen molar-refractivity contribution in [2.45, 2.75) is 19.3 Å². The third-order valence-corrected chi connectivity index (χ3v) is 4.37. The Hall–Kier alpha value is -1.79. The highest BCUT2D eigenvalue weighted by Gasteiger charge is 2.17. The molecule has 3 heteroatoms. The molecule has 3 rings (SSSR count). The molecule has 1 aliphatic heterocycles. The zero-order valence-electron chi connectivity index (χ0n) is 10.8. The summed E-state index contributed by atoms with van der Waals surface area (Å²) < 4.78 is 0. The maximum Gasteiger partial charge on any atom is 0.102 e. The first-order valence-electron chi connectivity index (χ1n) is 6.71. The van der Waals surface area contributed by atoms with Crippen molar-refractivity contribution in [3.63, 3.8) is 0 Å². The van der Waals surface area contributed by atoms with Crippen molar-refractivity contribution in [3.05, 3.63) is 40.6 Å². The number of piperidine rings is 1. The molecule has 0 N–H and O–H groups in total. The first kappa shape index (κ1) is 12.3. The molecule has 2 heterocycles. The smallest absolute Gasteiger partial charge is 0.102 e. The van der Waals surface area contributed by atoms with Crippen molar-refractivity contribution in [2.75, 3.05) is 18.0 Å². The largest absolute Gasteiger partial charge is 0.370 e. The molecule has 1 aromatic carbocycles. The monoisotopic (exact) mass is 268 g/mol. The van der Waals surface area contributed by atoms with Crippen LogP contribution in [0.25, 0.3) is 11.1 Å². The second-order valence-electron chi connectivity index (χ2n) is 4.87. The summed E-state index contributed by atoms with van der Waals surface area (Å²) in [5.41, 5.74) is 4.14. The van der Waals surface area contributed by atoms with Gasteiger partial charge in [-0.25, -0.2) is 0 Å². The third kappa shape index (κ3) is 2.36. The molecule has 0 spiro atoms. The number of nitriles is 1. The normalized spacial score (nSPS) is 15.2. The van der Waals surface area contributed by atoms with E-state index in [0.29, 0.717) is 0 Å². The number of anilines is 1. The fraction of sp³-hybridized carbons (Fsp3) is 0.312. The van der Waals surface area contributed by atoms with E-state index in [1.54, 1.807) is 11.3 Å². The van der Waals surface area contributed by atoms with E-state index in [1.165, 1.54) is 19.3 Å². The van der Waals surface area contributed by atoms with E-state index >= 15 is 0 Å². The molecule has 0 atom stereocenters. The average Bonchev–Trinajstić information content (AvgIpc) is 3.01. The minimum Gasteiger partial charge on any atom is -0.370 e. The summed E-state index contributed by atoms with van der Waals surface area (Å²) in [5.74, 6) is 0. The van der Waals surface area contributed by atoms with E-state index in [2.05, 4.69) is 39.9 Å². The Balaban J connectivity index is 2.06. The van der Waals surface area contributed by atoms with Crippen LogP contribution in [-0.2, 0) is 0 Å². The number of nitrogens with zero attached hydrogens (tertiary/aromatic N) is 2. The number of rotatable bonds is 2. The lowest BCUT2D eigenvalue weighted by atomic mass is 9.99. The van der Waals surface area contributed by atoms with Crippen molar-refractivity contribution in [3.8, 4) is 17.2 Å². The van der Waals surface area contributed by atoms with Crippen LogP contribution in [0.2, 0.25) is 0 Å². The van der Waals surface area contributed by atoms with E-state index in [9.17, 15) is 5.26 Å². The summed E-state index contributed by atoms with van der Waals surface area (Å²) >= 11 is 1.67. The molecule has 1 fully saturated rings. The fourth-order valence-electron chi connectivity index (χ4n) is 2.71. The predicted molar refractivity (Wildman–Crippen MR) is 80.5 cm³/mol. The van der Waals surface area contributed by atoms with Crippen LogP contribution < -0.4 is 4.90 Å².